The molecule has 2 heterocycles. The zero-order valence-electron chi connectivity index (χ0n) is 23.7. The molecule has 2 saturated heterocycles. The van der Waals surface area contributed by atoms with Gasteiger partial charge in [-0.15, -0.1) is 0 Å². The van der Waals surface area contributed by atoms with Gasteiger partial charge < -0.3 is 16.0 Å². The largest absolute Gasteiger partial charge is 0.353 e. The van der Waals surface area contributed by atoms with Gasteiger partial charge in [0.15, 0.2) is 0 Å². The summed E-state index contributed by atoms with van der Waals surface area (Å²) in [6.45, 7) is 12.3. The summed E-state index contributed by atoms with van der Waals surface area (Å²) in [6, 6.07) is 0.447. The Bertz CT molecular complexity index is 604. The fraction of sp³-hybridized carbons (Fsp3) is 0.926. The highest BCUT2D eigenvalue weighted by molar-refractivity contribution is 5.82. The van der Waals surface area contributed by atoms with Crippen molar-refractivity contribution in [2.24, 2.45) is 11.8 Å². The number of rotatable bonds is 3. The van der Waals surface area contributed by atoms with Crippen molar-refractivity contribution < 1.29 is 9.59 Å². The Morgan fingerprint density at radius 2 is 1.38 bits per heavy atom. The molecule has 0 radical (unpaired) electrons. The van der Waals surface area contributed by atoms with Crippen molar-refractivity contribution in [3.05, 3.63) is 0 Å². The molecule has 34 heavy (non-hydrogen) atoms. The number of fused-ring (bicyclic) bond motifs is 1. The topological polar surface area (TPSA) is 76.7 Å². The zero-order chi connectivity index (χ0) is 25.9. The Kier molecular flexibility index (Phi) is 13.7. The standard InChI is InChI=1S/C15H28N2O.C10H20N2O.C2H7N/c1-15(2,3)16-14(18)13-9-11-7-5-6-8-12(11)10-17(13)4;1-8(2)11-10(13)9-6-4-5-7-12(9)3;1-3-2/h11-13H,5-10H2,1-4H3,(H,16,18);8-9H,4-7H2,1-3H3,(H,11,13);3H,1-2H3/t11-,12+,13-;9-;/m00./s1. The number of hydrogen-bond acceptors (Lipinski definition) is 5. The van der Waals surface area contributed by atoms with Crippen LogP contribution in [0.4, 0.5) is 0 Å². The summed E-state index contributed by atoms with van der Waals surface area (Å²) in [5.74, 6) is 2.03. The van der Waals surface area contributed by atoms with E-state index in [0.717, 1.165) is 37.8 Å². The molecule has 1 aliphatic carbocycles. The Labute approximate surface area is 210 Å². The predicted molar refractivity (Wildman–Crippen MR) is 143 cm³/mol. The van der Waals surface area contributed by atoms with Crippen LogP contribution in [-0.4, -0.2) is 86.6 Å². The van der Waals surface area contributed by atoms with Crippen LogP contribution < -0.4 is 16.0 Å². The van der Waals surface area contributed by atoms with E-state index in [1.54, 1.807) is 0 Å². The first kappa shape index (κ1) is 30.9. The van der Waals surface area contributed by atoms with E-state index in [2.05, 4.69) is 53.6 Å². The van der Waals surface area contributed by atoms with E-state index in [9.17, 15) is 9.59 Å². The van der Waals surface area contributed by atoms with Crippen molar-refractivity contribution in [3.63, 3.8) is 0 Å². The lowest BCUT2D eigenvalue weighted by Gasteiger charge is -2.44. The summed E-state index contributed by atoms with van der Waals surface area (Å²) < 4.78 is 0. The average molecular weight is 482 g/mol. The Hall–Kier alpha value is -1.18. The molecule has 3 N–H and O–H groups in total. The van der Waals surface area contributed by atoms with Crippen LogP contribution in [0.15, 0.2) is 0 Å². The second-order valence-corrected chi connectivity index (χ2v) is 11.9. The van der Waals surface area contributed by atoms with E-state index < -0.39 is 0 Å². The van der Waals surface area contributed by atoms with Crippen LogP contribution in [0.25, 0.3) is 0 Å². The smallest absolute Gasteiger partial charge is 0.237 e. The summed E-state index contributed by atoms with van der Waals surface area (Å²) in [5, 5.41) is 8.85. The molecule has 7 nitrogen and oxygen atoms in total. The first-order valence-electron chi connectivity index (χ1n) is 13.5. The molecule has 1 saturated carbocycles. The van der Waals surface area contributed by atoms with Crippen molar-refractivity contribution in [1.82, 2.24) is 25.8 Å². The van der Waals surface area contributed by atoms with Crippen LogP contribution in [0.3, 0.4) is 0 Å². The first-order chi connectivity index (χ1) is 15.9. The second-order valence-electron chi connectivity index (χ2n) is 11.9. The molecular formula is C27H55N5O2. The summed E-state index contributed by atoms with van der Waals surface area (Å²) in [7, 11) is 7.89. The minimum atomic E-state index is -0.124. The Morgan fingerprint density at radius 1 is 0.824 bits per heavy atom. The van der Waals surface area contributed by atoms with E-state index in [1.807, 2.05) is 35.0 Å². The molecule has 7 heteroatoms. The third-order valence-corrected chi connectivity index (χ3v) is 6.95. The summed E-state index contributed by atoms with van der Waals surface area (Å²) in [6.07, 6.45) is 9.91. The van der Waals surface area contributed by atoms with Crippen LogP contribution >= 0.6 is 0 Å². The van der Waals surface area contributed by atoms with Gasteiger partial charge in [-0.3, -0.25) is 19.4 Å². The highest BCUT2D eigenvalue weighted by Gasteiger charge is 2.38. The van der Waals surface area contributed by atoms with E-state index in [1.165, 1.54) is 38.5 Å². The zero-order valence-corrected chi connectivity index (χ0v) is 23.7. The van der Waals surface area contributed by atoms with Crippen LogP contribution in [0.1, 0.15) is 86.0 Å². The van der Waals surface area contributed by atoms with Gasteiger partial charge in [-0.05, 0) is 107 Å². The third-order valence-electron chi connectivity index (χ3n) is 6.95. The summed E-state index contributed by atoms with van der Waals surface area (Å²) in [4.78, 5) is 28.4. The van der Waals surface area contributed by atoms with Gasteiger partial charge in [0.1, 0.15) is 0 Å². The molecule has 3 rings (SSSR count). The van der Waals surface area contributed by atoms with E-state index >= 15 is 0 Å². The molecule has 2 amide bonds. The van der Waals surface area contributed by atoms with Crippen LogP contribution in [0.5, 0.6) is 0 Å². The number of nitrogens with one attached hydrogen (secondary N) is 3. The molecule has 0 unspecified atom stereocenters. The highest BCUT2D eigenvalue weighted by atomic mass is 16.2. The van der Waals surface area contributed by atoms with Gasteiger partial charge in [0.2, 0.25) is 11.8 Å². The van der Waals surface area contributed by atoms with E-state index in [0.29, 0.717) is 0 Å². The maximum Gasteiger partial charge on any atom is 0.237 e. The number of likely N-dealkylation sites (tertiary alicyclic amines) is 2. The molecule has 3 fully saturated rings. The summed E-state index contributed by atoms with van der Waals surface area (Å²) >= 11 is 0. The quantitative estimate of drug-likeness (QED) is 0.577. The number of carbonyl (C=O) groups excluding carboxylic acids is 2. The maximum atomic E-state index is 12.3. The predicted octanol–water partition coefficient (Wildman–Crippen LogP) is 3.24. The molecule has 2 aliphatic heterocycles. The van der Waals surface area contributed by atoms with Gasteiger partial charge in [-0.1, -0.05) is 25.7 Å². The number of amides is 2. The van der Waals surface area contributed by atoms with Crippen molar-refractivity contribution in [1.29, 1.82) is 0 Å². The lowest BCUT2D eigenvalue weighted by molar-refractivity contribution is -0.130. The fourth-order valence-electron chi connectivity index (χ4n) is 5.35. The Morgan fingerprint density at radius 3 is 1.91 bits per heavy atom. The van der Waals surface area contributed by atoms with E-state index in [4.69, 9.17) is 0 Å². The minimum absolute atomic E-state index is 0.0866. The monoisotopic (exact) mass is 481 g/mol. The molecule has 0 spiro atoms. The molecule has 4 atom stereocenters. The van der Waals surface area contributed by atoms with Gasteiger partial charge in [-0.2, -0.15) is 0 Å². The maximum absolute atomic E-state index is 12.3. The molecule has 0 aromatic heterocycles. The van der Waals surface area contributed by atoms with Gasteiger partial charge in [0, 0.05) is 18.1 Å². The average Bonchev–Trinajstić information content (AvgIpc) is 2.73. The molecule has 0 bridgehead atoms. The number of carbonyl (C=O) groups is 2. The highest BCUT2D eigenvalue weighted by Crippen LogP contribution is 2.38. The minimum Gasteiger partial charge on any atom is -0.353 e. The second kappa shape index (κ2) is 15.0. The van der Waals surface area contributed by atoms with Gasteiger partial charge >= 0.3 is 0 Å². The molecule has 200 valence electrons. The Balaban J connectivity index is 0.000000318. The van der Waals surface area contributed by atoms with Crippen molar-refractivity contribution in [3.8, 4) is 0 Å². The number of likely N-dealkylation sites (N-methyl/N-ethyl adjacent to an activating group) is 2. The van der Waals surface area contributed by atoms with E-state index in [-0.39, 0.29) is 35.5 Å². The van der Waals surface area contributed by atoms with Crippen LogP contribution in [-0.2, 0) is 9.59 Å². The molecule has 0 aromatic rings. The fourth-order valence-corrected chi connectivity index (χ4v) is 5.35. The van der Waals surface area contributed by atoms with Crippen molar-refractivity contribution in [2.45, 2.75) is 110 Å². The lowest BCUT2D eigenvalue weighted by Crippen LogP contribution is -2.56. The van der Waals surface area contributed by atoms with Crippen molar-refractivity contribution >= 4 is 11.8 Å². The number of nitrogens with zero attached hydrogens (tertiary/aromatic N) is 2. The third kappa shape index (κ3) is 11.0. The van der Waals surface area contributed by atoms with Gasteiger partial charge in [0.05, 0.1) is 12.1 Å². The number of piperidine rings is 2. The normalized spacial score (nSPS) is 27.9. The molecular weight excluding hydrogens is 426 g/mol. The number of hydrogen-bond donors (Lipinski definition) is 3. The molecule has 0 aromatic carbocycles. The SMILES string of the molecule is CC(C)NC(=O)[C@@H]1CCCCN1C.CN1C[C@H]2CCCC[C@H]2C[C@H]1C(=O)NC(C)(C)C.CNC. The van der Waals surface area contributed by atoms with Crippen LogP contribution in [0, 0.1) is 11.8 Å². The van der Waals surface area contributed by atoms with Crippen LogP contribution in [0.2, 0.25) is 0 Å². The van der Waals surface area contributed by atoms with Gasteiger partial charge in [-0.25, -0.2) is 0 Å². The first-order valence-corrected chi connectivity index (χ1v) is 13.5. The lowest BCUT2D eigenvalue weighted by atomic mass is 9.73. The van der Waals surface area contributed by atoms with Gasteiger partial charge in [0.25, 0.3) is 0 Å². The molecule has 3 aliphatic rings. The van der Waals surface area contributed by atoms with Crippen molar-refractivity contribution in [2.75, 3.05) is 41.3 Å². The summed E-state index contributed by atoms with van der Waals surface area (Å²) in [5.41, 5.74) is -0.124.